The molecule has 7 nitrogen and oxygen atoms in total. The number of benzene rings is 2. The molecule has 1 unspecified atom stereocenters. The van der Waals surface area contributed by atoms with Crippen molar-refractivity contribution < 1.29 is 23.8 Å². The summed E-state index contributed by atoms with van der Waals surface area (Å²) >= 11 is 0. The smallest absolute Gasteiger partial charge is 0.267 e. The minimum Gasteiger partial charge on any atom is -0.497 e. The van der Waals surface area contributed by atoms with Gasteiger partial charge in [-0.15, -0.1) is 0 Å². The van der Waals surface area contributed by atoms with Gasteiger partial charge in [0, 0.05) is 29.9 Å². The van der Waals surface area contributed by atoms with Gasteiger partial charge in [0.05, 0.1) is 19.9 Å². The zero-order valence-corrected chi connectivity index (χ0v) is 17.3. The van der Waals surface area contributed by atoms with Crippen LogP contribution in [0, 0.1) is 5.92 Å². The molecule has 29 heavy (non-hydrogen) atoms. The lowest BCUT2D eigenvalue weighted by atomic mass is 10.1. The van der Waals surface area contributed by atoms with Gasteiger partial charge in [-0.1, -0.05) is 13.8 Å². The summed E-state index contributed by atoms with van der Waals surface area (Å²) in [6.07, 6.45) is -0.574. The standard InChI is InChI=1S/C22H26N2O5/c1-13(2)12-24-19-7-6-16(10-20(19)29-14(3)22(24)26)23-21(25)15-8-17(27-4)11-18(9-15)28-5/h6-11,13-14H,12H2,1-5H3,(H,23,25). The first-order chi connectivity index (χ1) is 13.8. The highest BCUT2D eigenvalue weighted by Gasteiger charge is 2.32. The molecule has 0 spiro atoms. The first kappa shape index (κ1) is 20.5. The molecule has 0 radical (unpaired) electrons. The maximum atomic E-state index is 12.7. The van der Waals surface area contributed by atoms with Crippen LogP contribution in [0.5, 0.6) is 17.2 Å². The number of hydrogen-bond donors (Lipinski definition) is 1. The van der Waals surface area contributed by atoms with Crippen molar-refractivity contribution >= 4 is 23.2 Å². The molecule has 1 aliphatic heterocycles. The van der Waals surface area contributed by atoms with Crippen LogP contribution in [-0.2, 0) is 4.79 Å². The van der Waals surface area contributed by atoms with Gasteiger partial charge in [-0.25, -0.2) is 0 Å². The van der Waals surface area contributed by atoms with Crippen LogP contribution >= 0.6 is 0 Å². The van der Waals surface area contributed by atoms with Crippen LogP contribution < -0.4 is 24.4 Å². The van der Waals surface area contributed by atoms with E-state index in [9.17, 15) is 9.59 Å². The fourth-order valence-electron chi connectivity index (χ4n) is 3.18. The Morgan fingerprint density at radius 3 is 2.38 bits per heavy atom. The molecule has 2 amide bonds. The van der Waals surface area contributed by atoms with Gasteiger partial charge in [-0.2, -0.15) is 0 Å². The second kappa shape index (κ2) is 8.43. The van der Waals surface area contributed by atoms with E-state index in [1.807, 2.05) is 0 Å². The Morgan fingerprint density at radius 2 is 1.79 bits per heavy atom. The highest BCUT2D eigenvalue weighted by atomic mass is 16.5. The van der Waals surface area contributed by atoms with Gasteiger partial charge in [0.2, 0.25) is 0 Å². The maximum Gasteiger partial charge on any atom is 0.267 e. The number of anilines is 2. The molecule has 0 saturated carbocycles. The average Bonchev–Trinajstić information content (AvgIpc) is 2.70. The molecule has 3 rings (SSSR count). The number of ether oxygens (including phenoxy) is 3. The fraction of sp³-hybridized carbons (Fsp3) is 0.364. The average molecular weight is 398 g/mol. The van der Waals surface area contributed by atoms with Gasteiger partial charge in [-0.05, 0) is 37.1 Å². The second-order valence-electron chi connectivity index (χ2n) is 7.34. The van der Waals surface area contributed by atoms with Gasteiger partial charge < -0.3 is 24.4 Å². The molecule has 0 aliphatic carbocycles. The molecule has 1 heterocycles. The quantitative estimate of drug-likeness (QED) is 0.802. The Bertz CT molecular complexity index is 903. The topological polar surface area (TPSA) is 77.1 Å². The van der Waals surface area contributed by atoms with E-state index < -0.39 is 6.10 Å². The summed E-state index contributed by atoms with van der Waals surface area (Å²) in [6, 6.07) is 10.3. The lowest BCUT2D eigenvalue weighted by Gasteiger charge is -2.34. The van der Waals surface area contributed by atoms with E-state index in [0.717, 1.165) is 0 Å². The third kappa shape index (κ3) is 4.45. The number of hydrogen-bond acceptors (Lipinski definition) is 5. The summed E-state index contributed by atoms with van der Waals surface area (Å²) < 4.78 is 16.2. The molecule has 2 aromatic rings. The summed E-state index contributed by atoms with van der Waals surface area (Å²) in [5, 5.41) is 2.86. The predicted molar refractivity (Wildman–Crippen MR) is 111 cm³/mol. The van der Waals surface area contributed by atoms with Crippen molar-refractivity contribution in [2.24, 2.45) is 5.92 Å². The molecule has 7 heteroatoms. The van der Waals surface area contributed by atoms with E-state index in [-0.39, 0.29) is 11.8 Å². The molecule has 0 bridgehead atoms. The molecule has 1 atom stereocenters. The number of rotatable bonds is 6. The normalized spacial score (nSPS) is 15.6. The number of fused-ring (bicyclic) bond motifs is 1. The highest BCUT2D eigenvalue weighted by Crippen LogP contribution is 2.37. The maximum absolute atomic E-state index is 12.7. The summed E-state index contributed by atoms with van der Waals surface area (Å²) in [4.78, 5) is 27.0. The molecule has 1 aliphatic rings. The minimum absolute atomic E-state index is 0.0635. The molecule has 154 valence electrons. The van der Waals surface area contributed by atoms with Crippen LogP contribution in [0.25, 0.3) is 0 Å². The Balaban J connectivity index is 1.86. The van der Waals surface area contributed by atoms with Gasteiger partial charge >= 0.3 is 0 Å². The van der Waals surface area contributed by atoms with Crippen LogP contribution in [0.3, 0.4) is 0 Å². The van der Waals surface area contributed by atoms with Crippen molar-refractivity contribution in [2.45, 2.75) is 26.9 Å². The molecular formula is C22H26N2O5. The third-order valence-corrected chi connectivity index (χ3v) is 4.59. The number of amides is 2. The van der Waals surface area contributed by atoms with Gasteiger partial charge in [-0.3, -0.25) is 9.59 Å². The van der Waals surface area contributed by atoms with Crippen LogP contribution in [0.2, 0.25) is 0 Å². The van der Waals surface area contributed by atoms with E-state index in [2.05, 4.69) is 19.2 Å². The van der Waals surface area contributed by atoms with Crippen LogP contribution in [0.4, 0.5) is 11.4 Å². The van der Waals surface area contributed by atoms with Gasteiger partial charge in [0.1, 0.15) is 17.2 Å². The summed E-state index contributed by atoms with van der Waals surface area (Å²) in [6.45, 7) is 6.45. The number of carbonyl (C=O) groups excluding carboxylic acids is 2. The first-order valence-electron chi connectivity index (χ1n) is 9.49. The van der Waals surface area contributed by atoms with Crippen LogP contribution in [0.15, 0.2) is 36.4 Å². The predicted octanol–water partition coefficient (Wildman–Crippen LogP) is 3.73. The Labute approximate surface area is 170 Å². The fourth-order valence-corrected chi connectivity index (χ4v) is 3.18. The van der Waals surface area contributed by atoms with Gasteiger partial charge in [0.15, 0.2) is 6.10 Å². The van der Waals surface area contributed by atoms with Crippen LogP contribution in [0.1, 0.15) is 31.1 Å². The lowest BCUT2D eigenvalue weighted by Crippen LogP contribution is -2.46. The molecular weight excluding hydrogens is 372 g/mol. The number of nitrogens with zero attached hydrogens (tertiary/aromatic N) is 1. The van der Waals surface area contributed by atoms with Crippen molar-refractivity contribution in [1.29, 1.82) is 0 Å². The van der Waals surface area contributed by atoms with Crippen LogP contribution in [-0.4, -0.2) is 38.7 Å². The van der Waals surface area contributed by atoms with E-state index in [1.54, 1.807) is 48.2 Å². The zero-order valence-electron chi connectivity index (χ0n) is 17.3. The van der Waals surface area contributed by atoms with E-state index in [1.165, 1.54) is 14.2 Å². The zero-order chi connectivity index (χ0) is 21.1. The first-order valence-corrected chi connectivity index (χ1v) is 9.49. The molecule has 2 aromatic carbocycles. The largest absolute Gasteiger partial charge is 0.497 e. The van der Waals surface area contributed by atoms with E-state index in [0.29, 0.717) is 46.6 Å². The molecule has 1 N–H and O–H groups in total. The summed E-state index contributed by atoms with van der Waals surface area (Å²) in [5.41, 5.74) is 1.69. The molecule has 0 fully saturated rings. The Kier molecular flexibility index (Phi) is 5.96. The number of nitrogens with one attached hydrogen (secondary N) is 1. The van der Waals surface area contributed by atoms with Crippen molar-refractivity contribution in [3.63, 3.8) is 0 Å². The van der Waals surface area contributed by atoms with E-state index in [4.69, 9.17) is 14.2 Å². The third-order valence-electron chi connectivity index (χ3n) is 4.59. The lowest BCUT2D eigenvalue weighted by molar-refractivity contribution is -0.125. The van der Waals surface area contributed by atoms with E-state index >= 15 is 0 Å². The number of methoxy groups -OCH3 is 2. The second-order valence-corrected chi connectivity index (χ2v) is 7.34. The Hall–Kier alpha value is -3.22. The molecule has 0 aromatic heterocycles. The van der Waals surface area contributed by atoms with Crippen molar-refractivity contribution in [3.05, 3.63) is 42.0 Å². The Morgan fingerprint density at radius 1 is 1.14 bits per heavy atom. The summed E-state index contributed by atoms with van der Waals surface area (Å²) in [7, 11) is 3.06. The van der Waals surface area contributed by atoms with Crippen molar-refractivity contribution in [2.75, 3.05) is 31.0 Å². The molecule has 0 saturated heterocycles. The highest BCUT2D eigenvalue weighted by molar-refractivity contribution is 6.05. The summed E-state index contributed by atoms with van der Waals surface area (Å²) in [5.74, 6) is 1.57. The van der Waals surface area contributed by atoms with Crippen molar-refractivity contribution in [1.82, 2.24) is 0 Å². The SMILES string of the molecule is COc1cc(OC)cc(C(=O)Nc2ccc3c(c2)OC(C)C(=O)N3CC(C)C)c1. The minimum atomic E-state index is -0.574. The monoisotopic (exact) mass is 398 g/mol. The number of carbonyl (C=O) groups is 2. The van der Waals surface area contributed by atoms with Gasteiger partial charge in [0.25, 0.3) is 11.8 Å². The van der Waals surface area contributed by atoms with Crippen molar-refractivity contribution in [3.8, 4) is 17.2 Å².